The lowest BCUT2D eigenvalue weighted by molar-refractivity contribution is -0.141. The number of hydrogen-bond acceptors (Lipinski definition) is 4. The van der Waals surface area contributed by atoms with Gasteiger partial charge in [0, 0.05) is 32.0 Å². The molecule has 0 radical (unpaired) electrons. The number of hydrogen-bond donors (Lipinski definition) is 1. The van der Waals surface area contributed by atoms with Crippen molar-refractivity contribution in [2.45, 2.75) is 45.0 Å². The molecule has 3 aromatic rings. The molecule has 0 spiro atoms. The van der Waals surface area contributed by atoms with Gasteiger partial charge in [0.25, 0.3) is 0 Å². The maximum absolute atomic E-state index is 13.7. The molecule has 32 heavy (non-hydrogen) atoms. The van der Waals surface area contributed by atoms with Gasteiger partial charge < -0.3 is 19.2 Å². The monoisotopic (exact) mass is 625 g/mol. The van der Waals surface area contributed by atoms with Crippen molar-refractivity contribution in [1.29, 1.82) is 0 Å². The number of fused-ring (bicyclic) bond motifs is 4. The van der Waals surface area contributed by atoms with Crippen molar-refractivity contribution in [2.75, 3.05) is 13.2 Å². The minimum atomic E-state index is -0.603. The van der Waals surface area contributed by atoms with Gasteiger partial charge >= 0.3 is 0 Å². The number of rotatable bonds is 3. The lowest BCUT2D eigenvalue weighted by atomic mass is 9.71. The number of carbonyl (C=O) groups excluding carboxylic acids is 1. The summed E-state index contributed by atoms with van der Waals surface area (Å²) in [5.74, 6) is 0.0543. The van der Waals surface area contributed by atoms with E-state index < -0.39 is 11.2 Å². The number of halogens is 3. The van der Waals surface area contributed by atoms with E-state index in [1.54, 1.807) is 0 Å². The maximum atomic E-state index is 13.7. The molecule has 5 rings (SSSR count). The average Bonchev–Trinajstić information content (AvgIpc) is 3.25. The molecule has 8 heteroatoms. The van der Waals surface area contributed by atoms with Gasteiger partial charge in [0.05, 0.1) is 21.1 Å². The summed E-state index contributed by atoms with van der Waals surface area (Å²) in [5.41, 5.74) is 3.70. The first-order valence-electron chi connectivity index (χ1n) is 10.3. The second-order valence-electron chi connectivity index (χ2n) is 9.20. The third-order valence-corrected chi connectivity index (χ3v) is 7.98. The molecule has 2 aromatic carbocycles. The Morgan fingerprint density at radius 3 is 2.59 bits per heavy atom. The van der Waals surface area contributed by atoms with Gasteiger partial charge in [0.15, 0.2) is 11.6 Å². The number of carbonyl (C=O) groups is 1. The van der Waals surface area contributed by atoms with Gasteiger partial charge in [-0.1, -0.05) is 35.8 Å². The number of H-pyrrole nitrogens is 1. The second kappa shape index (κ2) is 7.67. The average molecular weight is 628 g/mol. The van der Waals surface area contributed by atoms with Gasteiger partial charge in [-0.3, -0.25) is 4.79 Å². The fourth-order valence-corrected chi connectivity index (χ4v) is 6.88. The Morgan fingerprint density at radius 2 is 1.91 bits per heavy atom. The van der Waals surface area contributed by atoms with E-state index in [2.05, 4.69) is 66.6 Å². The van der Waals surface area contributed by atoms with Crippen LogP contribution in [0.4, 0.5) is 0 Å². The molecule has 2 heterocycles. The first-order valence-corrected chi connectivity index (χ1v) is 12.7. The second-order valence-corrected chi connectivity index (χ2v) is 11.8. The van der Waals surface area contributed by atoms with Crippen LogP contribution in [0.25, 0.3) is 10.9 Å². The van der Waals surface area contributed by atoms with E-state index in [-0.39, 0.29) is 11.9 Å². The quantitative estimate of drug-likeness (QED) is 0.345. The van der Waals surface area contributed by atoms with Crippen molar-refractivity contribution in [3.8, 4) is 5.75 Å². The lowest BCUT2D eigenvalue weighted by Crippen LogP contribution is -2.31. The highest BCUT2D eigenvalue weighted by atomic mass is 79.9. The number of aromatic amines is 1. The molecule has 5 nitrogen and oxygen atoms in total. The first kappa shape index (κ1) is 22.6. The number of aromatic nitrogens is 1. The highest BCUT2D eigenvalue weighted by molar-refractivity contribution is 9.11. The zero-order chi connectivity index (χ0) is 23.0. The summed E-state index contributed by atoms with van der Waals surface area (Å²) in [6.07, 6.45) is -0.159. The highest BCUT2D eigenvalue weighted by Crippen LogP contribution is 2.51. The maximum Gasteiger partial charge on any atom is 0.195 e. The molecule has 0 bridgehead atoms. The molecule has 1 aliphatic heterocycles. The van der Waals surface area contributed by atoms with Gasteiger partial charge in [-0.25, -0.2) is 0 Å². The van der Waals surface area contributed by atoms with Crippen LogP contribution < -0.4 is 4.74 Å². The molecule has 1 atom stereocenters. The van der Waals surface area contributed by atoms with Crippen LogP contribution >= 0.6 is 47.8 Å². The molecule has 1 saturated heterocycles. The van der Waals surface area contributed by atoms with Gasteiger partial charge in [-0.2, -0.15) is 0 Å². The van der Waals surface area contributed by atoms with Crippen molar-refractivity contribution >= 4 is 64.5 Å². The molecule has 1 N–H and O–H groups in total. The normalized spacial score (nSPS) is 21.0. The Hall–Kier alpha value is -1.19. The standard InChI is InChI=1S/C24H22Br3NO4/c1-23(2)18-14(20(29)17-13-6-5-11(25)7-16(13)28-22(17)23)8-15(26)21(19(18)27)30-9-12-10-31-24(3,4)32-12/h5-8,12,28H,9-10H2,1-4H3/t12-/m0/s1. The van der Waals surface area contributed by atoms with Crippen molar-refractivity contribution in [3.63, 3.8) is 0 Å². The largest absolute Gasteiger partial charge is 0.488 e. The predicted molar refractivity (Wildman–Crippen MR) is 134 cm³/mol. The smallest absolute Gasteiger partial charge is 0.195 e. The fraction of sp³-hybridized carbons (Fsp3) is 0.375. The van der Waals surface area contributed by atoms with Gasteiger partial charge in [0.2, 0.25) is 0 Å². The zero-order valence-corrected chi connectivity index (χ0v) is 22.8. The van der Waals surface area contributed by atoms with E-state index in [4.69, 9.17) is 14.2 Å². The van der Waals surface area contributed by atoms with E-state index in [0.29, 0.717) is 24.5 Å². The van der Waals surface area contributed by atoms with Gasteiger partial charge in [0.1, 0.15) is 18.5 Å². The third kappa shape index (κ3) is 3.50. The van der Waals surface area contributed by atoms with Crippen molar-refractivity contribution in [1.82, 2.24) is 4.98 Å². The number of nitrogens with one attached hydrogen (secondary N) is 1. The van der Waals surface area contributed by atoms with Crippen LogP contribution in [0.15, 0.2) is 37.7 Å². The summed E-state index contributed by atoms with van der Waals surface area (Å²) < 4.78 is 20.1. The Kier molecular flexibility index (Phi) is 5.41. The lowest BCUT2D eigenvalue weighted by Gasteiger charge is -2.34. The Balaban J connectivity index is 1.59. The molecule has 1 aliphatic carbocycles. The fourth-order valence-electron chi connectivity index (χ4n) is 4.68. The molecule has 0 amide bonds. The van der Waals surface area contributed by atoms with Crippen molar-refractivity contribution in [2.24, 2.45) is 0 Å². The first-order chi connectivity index (χ1) is 15.0. The summed E-state index contributed by atoms with van der Waals surface area (Å²) in [7, 11) is 0. The molecular formula is C24H22Br3NO4. The van der Waals surface area contributed by atoms with Crippen LogP contribution in [0.1, 0.15) is 54.9 Å². The predicted octanol–water partition coefficient (Wildman–Crippen LogP) is 6.86. The summed E-state index contributed by atoms with van der Waals surface area (Å²) in [6.45, 7) is 8.86. The summed E-state index contributed by atoms with van der Waals surface area (Å²) >= 11 is 10.9. The zero-order valence-electron chi connectivity index (χ0n) is 18.1. The van der Waals surface area contributed by atoms with E-state index in [9.17, 15) is 4.79 Å². The van der Waals surface area contributed by atoms with Crippen LogP contribution in [0, 0.1) is 0 Å². The van der Waals surface area contributed by atoms with Crippen molar-refractivity contribution in [3.05, 3.63) is 60.1 Å². The Labute approximate surface area is 211 Å². The SMILES string of the molecule is CC1(C)OC[C@H](COc2c(Br)cc3c(c2Br)C(C)(C)c2[nH]c4cc(Br)ccc4c2C3=O)O1. The molecule has 1 aromatic heterocycles. The summed E-state index contributed by atoms with van der Waals surface area (Å²) in [6, 6.07) is 7.83. The van der Waals surface area contributed by atoms with E-state index in [1.165, 1.54) is 0 Å². The molecule has 0 saturated carbocycles. The molecule has 168 valence electrons. The van der Waals surface area contributed by atoms with E-state index in [1.807, 2.05) is 38.1 Å². The molecular weight excluding hydrogens is 606 g/mol. The molecule has 0 unspecified atom stereocenters. The highest BCUT2D eigenvalue weighted by Gasteiger charge is 2.42. The molecule has 1 fully saturated rings. The van der Waals surface area contributed by atoms with Crippen LogP contribution in [-0.4, -0.2) is 35.9 Å². The Morgan fingerprint density at radius 1 is 1.16 bits per heavy atom. The number of benzene rings is 2. The summed E-state index contributed by atoms with van der Waals surface area (Å²) in [5, 5.41) is 0.931. The van der Waals surface area contributed by atoms with E-state index >= 15 is 0 Å². The number of ether oxygens (including phenoxy) is 3. The van der Waals surface area contributed by atoms with Crippen LogP contribution in [0.3, 0.4) is 0 Å². The van der Waals surface area contributed by atoms with Crippen LogP contribution in [0.5, 0.6) is 5.75 Å². The topological polar surface area (TPSA) is 60.5 Å². The number of ketones is 1. The van der Waals surface area contributed by atoms with Crippen LogP contribution in [0.2, 0.25) is 0 Å². The third-order valence-electron chi connectivity index (χ3n) is 6.14. The summed E-state index contributed by atoms with van der Waals surface area (Å²) in [4.78, 5) is 17.2. The minimum Gasteiger partial charge on any atom is -0.488 e. The van der Waals surface area contributed by atoms with E-state index in [0.717, 1.165) is 41.1 Å². The molecule has 2 aliphatic rings. The minimum absolute atomic E-state index is 0.00474. The Bertz CT molecular complexity index is 1280. The van der Waals surface area contributed by atoms with Gasteiger partial charge in [-0.15, -0.1) is 0 Å². The van der Waals surface area contributed by atoms with Gasteiger partial charge in [-0.05, 0) is 69.5 Å². The van der Waals surface area contributed by atoms with Crippen molar-refractivity contribution < 1.29 is 19.0 Å². The van der Waals surface area contributed by atoms with Crippen LogP contribution in [-0.2, 0) is 14.9 Å².